The lowest BCUT2D eigenvalue weighted by molar-refractivity contribution is 0.287. The molecule has 0 aliphatic carbocycles. The molecule has 0 atom stereocenters. The van der Waals surface area contributed by atoms with Crippen molar-refractivity contribution in [3.63, 3.8) is 0 Å². The summed E-state index contributed by atoms with van der Waals surface area (Å²) in [6, 6.07) is 8.11. The molecule has 0 saturated heterocycles. The van der Waals surface area contributed by atoms with Crippen LogP contribution in [-0.4, -0.2) is 16.6 Å². The van der Waals surface area contributed by atoms with Crippen molar-refractivity contribution >= 4 is 5.82 Å². The number of nitrogens with one attached hydrogen (secondary N) is 1. The molecule has 1 N–H and O–H groups in total. The predicted molar refractivity (Wildman–Crippen MR) is 85.5 cm³/mol. The first-order chi connectivity index (χ1) is 10.1. The van der Waals surface area contributed by atoms with Crippen molar-refractivity contribution in [2.45, 2.75) is 33.7 Å². The lowest BCUT2D eigenvalue weighted by Crippen LogP contribution is -2.07. The molecule has 0 fully saturated rings. The molecule has 0 aliphatic rings. The van der Waals surface area contributed by atoms with E-state index >= 15 is 0 Å². The Morgan fingerprint density at radius 1 is 1.19 bits per heavy atom. The highest BCUT2D eigenvalue weighted by Gasteiger charge is 2.04. The van der Waals surface area contributed by atoms with Crippen LogP contribution in [0, 0.1) is 12.8 Å². The minimum absolute atomic E-state index is 0.651. The van der Waals surface area contributed by atoms with Gasteiger partial charge in [0, 0.05) is 18.3 Å². The topological polar surface area (TPSA) is 47.0 Å². The third kappa shape index (κ3) is 5.06. The number of hydrogen-bond donors (Lipinski definition) is 1. The highest BCUT2D eigenvalue weighted by atomic mass is 16.5. The molecule has 2 rings (SSSR count). The summed E-state index contributed by atoms with van der Waals surface area (Å²) in [6.07, 6.45) is 4.54. The second-order valence-electron chi connectivity index (χ2n) is 5.54. The lowest BCUT2D eigenvalue weighted by atomic mass is 10.1. The first-order valence-corrected chi connectivity index (χ1v) is 7.38. The molecule has 4 nitrogen and oxygen atoms in total. The Kier molecular flexibility index (Phi) is 5.55. The lowest BCUT2D eigenvalue weighted by Gasteiger charge is -2.13. The molecular formula is C17H23N3O. The fourth-order valence-electron chi connectivity index (χ4n) is 1.93. The maximum atomic E-state index is 5.88. The molecule has 0 aliphatic heterocycles. The second kappa shape index (κ2) is 7.62. The van der Waals surface area contributed by atoms with Gasteiger partial charge >= 0.3 is 0 Å². The van der Waals surface area contributed by atoms with E-state index in [9.17, 15) is 0 Å². The number of nitrogens with zero attached hydrogens (tertiary/aromatic N) is 2. The Hall–Kier alpha value is -2.10. The van der Waals surface area contributed by atoms with Crippen LogP contribution >= 0.6 is 0 Å². The van der Waals surface area contributed by atoms with Gasteiger partial charge in [-0.2, -0.15) is 0 Å². The van der Waals surface area contributed by atoms with Gasteiger partial charge in [0.1, 0.15) is 11.6 Å². The Labute approximate surface area is 126 Å². The van der Waals surface area contributed by atoms with Gasteiger partial charge in [0.05, 0.1) is 18.5 Å². The first kappa shape index (κ1) is 15.3. The van der Waals surface area contributed by atoms with E-state index in [1.807, 2.05) is 25.1 Å². The van der Waals surface area contributed by atoms with Gasteiger partial charge in [0.15, 0.2) is 0 Å². The average molecular weight is 285 g/mol. The van der Waals surface area contributed by atoms with Gasteiger partial charge in [0.25, 0.3) is 0 Å². The van der Waals surface area contributed by atoms with E-state index in [2.05, 4.69) is 35.2 Å². The van der Waals surface area contributed by atoms with Gasteiger partial charge < -0.3 is 10.1 Å². The number of rotatable bonds is 7. The van der Waals surface area contributed by atoms with Gasteiger partial charge in [-0.1, -0.05) is 32.0 Å². The van der Waals surface area contributed by atoms with E-state index in [1.54, 1.807) is 12.4 Å². The summed E-state index contributed by atoms with van der Waals surface area (Å²) in [6.45, 7) is 7.76. The van der Waals surface area contributed by atoms with Crippen molar-refractivity contribution in [2.24, 2.45) is 5.92 Å². The third-order valence-electron chi connectivity index (χ3n) is 3.14. The number of aryl methyl sites for hydroxylation is 1. The van der Waals surface area contributed by atoms with E-state index in [0.717, 1.165) is 35.9 Å². The number of benzene rings is 1. The van der Waals surface area contributed by atoms with E-state index in [4.69, 9.17) is 4.74 Å². The van der Waals surface area contributed by atoms with Crippen molar-refractivity contribution < 1.29 is 4.74 Å². The molecule has 0 saturated carbocycles. The highest BCUT2D eigenvalue weighted by Crippen LogP contribution is 2.19. The molecule has 21 heavy (non-hydrogen) atoms. The summed E-state index contributed by atoms with van der Waals surface area (Å²) in [5, 5.41) is 3.29. The number of hydrogen-bond acceptors (Lipinski definition) is 4. The van der Waals surface area contributed by atoms with Crippen molar-refractivity contribution in [3.8, 4) is 5.75 Å². The molecular weight excluding hydrogens is 262 g/mol. The van der Waals surface area contributed by atoms with E-state index in [0.29, 0.717) is 12.5 Å². The van der Waals surface area contributed by atoms with Crippen molar-refractivity contribution in [1.29, 1.82) is 0 Å². The minimum atomic E-state index is 0.651. The Bertz CT molecular complexity index is 569. The summed E-state index contributed by atoms with van der Waals surface area (Å²) >= 11 is 0. The molecule has 0 bridgehead atoms. The summed E-state index contributed by atoms with van der Waals surface area (Å²) in [5.41, 5.74) is 2.03. The van der Waals surface area contributed by atoms with Gasteiger partial charge in [0.2, 0.25) is 0 Å². The number of para-hydroxylation sites is 1. The minimum Gasteiger partial charge on any atom is -0.493 e. The maximum Gasteiger partial charge on any atom is 0.145 e. The Balaban J connectivity index is 1.96. The molecule has 1 heterocycles. The first-order valence-electron chi connectivity index (χ1n) is 7.38. The van der Waals surface area contributed by atoms with E-state index in [1.165, 1.54) is 0 Å². The molecule has 2 aromatic rings. The molecule has 4 heteroatoms. The van der Waals surface area contributed by atoms with Gasteiger partial charge in [-0.25, -0.2) is 4.98 Å². The third-order valence-corrected chi connectivity index (χ3v) is 3.14. The van der Waals surface area contributed by atoms with Crippen LogP contribution in [0.2, 0.25) is 0 Å². The SMILES string of the molecule is Cc1cncc(NCc2ccccc2OCCC(C)C)n1. The summed E-state index contributed by atoms with van der Waals surface area (Å²) in [4.78, 5) is 8.52. The fourth-order valence-corrected chi connectivity index (χ4v) is 1.93. The number of ether oxygens (including phenoxy) is 1. The van der Waals surface area contributed by atoms with E-state index < -0.39 is 0 Å². The quantitative estimate of drug-likeness (QED) is 0.840. The predicted octanol–water partition coefficient (Wildman–Crippen LogP) is 3.82. The van der Waals surface area contributed by atoms with Crippen LogP contribution in [0.5, 0.6) is 5.75 Å². The van der Waals surface area contributed by atoms with Crippen LogP contribution in [0.4, 0.5) is 5.82 Å². The van der Waals surface area contributed by atoms with Crippen LogP contribution in [0.1, 0.15) is 31.5 Å². The zero-order valence-electron chi connectivity index (χ0n) is 13.0. The molecule has 1 aromatic heterocycles. The summed E-state index contributed by atoms with van der Waals surface area (Å²) < 4.78 is 5.88. The maximum absolute atomic E-state index is 5.88. The van der Waals surface area contributed by atoms with Crippen molar-refractivity contribution in [2.75, 3.05) is 11.9 Å². The molecule has 0 spiro atoms. The molecule has 0 amide bonds. The molecule has 0 radical (unpaired) electrons. The molecule has 1 aromatic carbocycles. The summed E-state index contributed by atoms with van der Waals surface area (Å²) in [5.74, 6) is 2.37. The van der Waals surface area contributed by atoms with Crippen LogP contribution in [0.15, 0.2) is 36.7 Å². The normalized spacial score (nSPS) is 10.7. The van der Waals surface area contributed by atoms with Crippen LogP contribution < -0.4 is 10.1 Å². The zero-order valence-corrected chi connectivity index (χ0v) is 13.0. The van der Waals surface area contributed by atoms with Crippen molar-refractivity contribution in [3.05, 3.63) is 47.9 Å². The van der Waals surface area contributed by atoms with Crippen LogP contribution in [0.3, 0.4) is 0 Å². The number of anilines is 1. The zero-order chi connectivity index (χ0) is 15.1. The number of aromatic nitrogens is 2. The van der Waals surface area contributed by atoms with Gasteiger partial charge in [-0.3, -0.25) is 4.98 Å². The Morgan fingerprint density at radius 3 is 2.76 bits per heavy atom. The van der Waals surface area contributed by atoms with Gasteiger partial charge in [-0.05, 0) is 25.3 Å². The standard InChI is InChI=1S/C17H23N3O/c1-13(2)8-9-21-16-7-5-4-6-15(16)11-19-17-12-18-10-14(3)20-17/h4-7,10,12-13H,8-9,11H2,1-3H3,(H,19,20). The monoisotopic (exact) mass is 285 g/mol. The molecule has 0 unspecified atom stereocenters. The highest BCUT2D eigenvalue weighted by molar-refractivity contribution is 5.38. The molecule has 112 valence electrons. The second-order valence-corrected chi connectivity index (χ2v) is 5.54. The average Bonchev–Trinajstić information content (AvgIpc) is 2.46. The summed E-state index contributed by atoms with van der Waals surface area (Å²) in [7, 11) is 0. The Morgan fingerprint density at radius 2 is 2.00 bits per heavy atom. The largest absolute Gasteiger partial charge is 0.493 e. The van der Waals surface area contributed by atoms with Crippen molar-refractivity contribution in [1.82, 2.24) is 9.97 Å². The van der Waals surface area contributed by atoms with E-state index in [-0.39, 0.29) is 0 Å². The van der Waals surface area contributed by atoms with Crippen LogP contribution in [-0.2, 0) is 6.54 Å². The van der Waals surface area contributed by atoms with Crippen LogP contribution in [0.25, 0.3) is 0 Å². The van der Waals surface area contributed by atoms with Gasteiger partial charge in [-0.15, -0.1) is 0 Å². The fraction of sp³-hybridized carbons (Fsp3) is 0.412. The smallest absolute Gasteiger partial charge is 0.145 e.